The molecule has 0 bridgehead atoms. The van der Waals surface area contributed by atoms with Crippen LogP contribution in [0.2, 0.25) is 0 Å². The van der Waals surface area contributed by atoms with Crippen LogP contribution < -0.4 is 10.5 Å². The van der Waals surface area contributed by atoms with Crippen LogP contribution in [-0.4, -0.2) is 23.9 Å². The Morgan fingerprint density at radius 1 is 1.53 bits per heavy atom. The van der Waals surface area contributed by atoms with Crippen LogP contribution in [-0.2, 0) is 0 Å². The monoisotopic (exact) mass is 239 g/mol. The molecule has 1 fully saturated rings. The lowest BCUT2D eigenvalue weighted by atomic mass is 9.99. The minimum Gasteiger partial charge on any atom is -0.487 e. The highest BCUT2D eigenvalue weighted by atomic mass is 19.1. The summed E-state index contributed by atoms with van der Waals surface area (Å²) in [6.07, 6.45) is 1.93. The number of hydrogen-bond acceptors (Lipinski definition) is 3. The molecule has 1 aromatic rings. The smallest absolute Gasteiger partial charge is 0.167 e. The van der Waals surface area contributed by atoms with E-state index in [1.54, 1.807) is 25.1 Å². The minimum atomic E-state index is -1.02. The molecule has 0 amide bonds. The van der Waals surface area contributed by atoms with E-state index >= 15 is 0 Å². The fourth-order valence-corrected chi connectivity index (χ4v) is 1.90. The van der Waals surface area contributed by atoms with Gasteiger partial charge in [-0.1, -0.05) is 12.1 Å². The number of aryl methyl sites for hydroxylation is 1. The zero-order valence-corrected chi connectivity index (χ0v) is 9.95. The zero-order valence-electron chi connectivity index (χ0n) is 9.95. The van der Waals surface area contributed by atoms with E-state index in [0.717, 1.165) is 12.8 Å². The van der Waals surface area contributed by atoms with Gasteiger partial charge < -0.3 is 15.6 Å². The highest BCUT2D eigenvalue weighted by molar-refractivity contribution is 5.30. The Kier molecular flexibility index (Phi) is 3.35. The van der Waals surface area contributed by atoms with Gasteiger partial charge in [0.1, 0.15) is 12.2 Å². The number of ether oxygens (including phenoxy) is 1. The molecule has 1 aliphatic rings. The third kappa shape index (κ3) is 2.58. The topological polar surface area (TPSA) is 55.5 Å². The van der Waals surface area contributed by atoms with Crippen molar-refractivity contribution in [2.45, 2.75) is 25.4 Å². The van der Waals surface area contributed by atoms with Gasteiger partial charge in [0.25, 0.3) is 0 Å². The van der Waals surface area contributed by atoms with Crippen molar-refractivity contribution < 1.29 is 14.2 Å². The van der Waals surface area contributed by atoms with Crippen LogP contribution in [0.3, 0.4) is 0 Å². The number of halogens is 1. The predicted molar refractivity (Wildman–Crippen MR) is 63.4 cm³/mol. The quantitative estimate of drug-likeness (QED) is 0.820. The number of rotatable bonds is 5. The van der Waals surface area contributed by atoms with E-state index in [2.05, 4.69) is 0 Å². The molecule has 1 atom stereocenters. The van der Waals surface area contributed by atoms with Crippen molar-refractivity contribution in [1.82, 2.24) is 0 Å². The Morgan fingerprint density at radius 3 is 2.82 bits per heavy atom. The third-order valence-corrected chi connectivity index (χ3v) is 3.32. The van der Waals surface area contributed by atoms with Gasteiger partial charge in [0, 0.05) is 6.54 Å². The molecule has 1 aliphatic carbocycles. The number of benzene rings is 1. The first-order valence-electron chi connectivity index (χ1n) is 5.87. The van der Waals surface area contributed by atoms with Crippen LogP contribution in [0.1, 0.15) is 18.4 Å². The summed E-state index contributed by atoms with van der Waals surface area (Å²) in [4.78, 5) is 0. The zero-order chi connectivity index (χ0) is 12.5. The van der Waals surface area contributed by atoms with Crippen molar-refractivity contribution in [3.63, 3.8) is 0 Å². The van der Waals surface area contributed by atoms with E-state index in [1.807, 2.05) is 0 Å². The predicted octanol–water partition coefficient (Wildman–Crippen LogP) is 1.61. The molecule has 0 saturated heterocycles. The Labute approximate surface area is 100 Å². The molecule has 1 unspecified atom stereocenters. The molecule has 0 heterocycles. The molecular formula is C13H18FNO2. The highest BCUT2D eigenvalue weighted by Gasteiger charge is 2.43. The third-order valence-electron chi connectivity index (χ3n) is 3.32. The van der Waals surface area contributed by atoms with Gasteiger partial charge in [0.15, 0.2) is 11.6 Å². The SMILES string of the molecule is Cc1cccc(OCC(O)(CN)C2CC2)c1F. The Balaban J connectivity index is 2.04. The lowest BCUT2D eigenvalue weighted by Gasteiger charge is -2.26. The molecule has 1 saturated carbocycles. The van der Waals surface area contributed by atoms with Crippen LogP contribution >= 0.6 is 0 Å². The van der Waals surface area contributed by atoms with Gasteiger partial charge in [-0.25, -0.2) is 4.39 Å². The summed E-state index contributed by atoms with van der Waals surface area (Å²) in [6, 6.07) is 4.97. The maximum Gasteiger partial charge on any atom is 0.167 e. The minimum absolute atomic E-state index is 0.0501. The molecule has 0 aromatic heterocycles. The van der Waals surface area contributed by atoms with E-state index in [4.69, 9.17) is 10.5 Å². The number of hydrogen-bond donors (Lipinski definition) is 2. The molecule has 1 aromatic carbocycles. The Morgan fingerprint density at radius 2 is 2.24 bits per heavy atom. The summed E-state index contributed by atoms with van der Waals surface area (Å²) < 4.78 is 19.0. The van der Waals surface area contributed by atoms with Crippen molar-refractivity contribution in [3.05, 3.63) is 29.6 Å². The van der Waals surface area contributed by atoms with E-state index in [0.29, 0.717) is 5.56 Å². The normalized spacial score (nSPS) is 18.8. The average molecular weight is 239 g/mol. The van der Waals surface area contributed by atoms with Crippen molar-refractivity contribution in [3.8, 4) is 5.75 Å². The second-order valence-electron chi connectivity index (χ2n) is 4.76. The maximum absolute atomic E-state index is 13.7. The van der Waals surface area contributed by atoms with Crippen LogP contribution in [0.4, 0.5) is 4.39 Å². The fourth-order valence-electron chi connectivity index (χ4n) is 1.90. The lowest BCUT2D eigenvalue weighted by molar-refractivity contribution is -0.0172. The summed E-state index contributed by atoms with van der Waals surface area (Å²) in [6.45, 7) is 1.87. The summed E-state index contributed by atoms with van der Waals surface area (Å²) in [5, 5.41) is 10.2. The van der Waals surface area contributed by atoms with Crippen LogP contribution in [0.15, 0.2) is 18.2 Å². The van der Waals surface area contributed by atoms with Crippen molar-refractivity contribution >= 4 is 0 Å². The molecule has 2 rings (SSSR count). The molecule has 17 heavy (non-hydrogen) atoms. The molecule has 94 valence electrons. The molecule has 0 radical (unpaired) electrons. The summed E-state index contributed by atoms with van der Waals surface area (Å²) >= 11 is 0. The summed E-state index contributed by atoms with van der Waals surface area (Å²) in [7, 11) is 0. The molecule has 4 heteroatoms. The lowest BCUT2D eigenvalue weighted by Crippen LogP contribution is -2.45. The standard InChI is InChI=1S/C13H18FNO2/c1-9-3-2-4-11(12(9)14)17-8-13(16,7-15)10-5-6-10/h2-4,10,16H,5-8,15H2,1H3. The second kappa shape index (κ2) is 4.63. The first-order valence-corrected chi connectivity index (χ1v) is 5.87. The van der Waals surface area contributed by atoms with E-state index in [1.165, 1.54) is 0 Å². The Bertz CT molecular complexity index is 406. The average Bonchev–Trinajstić information content (AvgIpc) is 3.15. The Hall–Kier alpha value is -1.13. The summed E-state index contributed by atoms with van der Waals surface area (Å²) in [5.41, 5.74) is 5.07. The van der Waals surface area contributed by atoms with E-state index < -0.39 is 5.60 Å². The largest absolute Gasteiger partial charge is 0.487 e. The van der Waals surface area contributed by atoms with Gasteiger partial charge in [-0.3, -0.25) is 0 Å². The van der Waals surface area contributed by atoms with Gasteiger partial charge in [0.2, 0.25) is 0 Å². The van der Waals surface area contributed by atoms with Gasteiger partial charge in [-0.2, -0.15) is 0 Å². The maximum atomic E-state index is 13.7. The fraction of sp³-hybridized carbons (Fsp3) is 0.538. The van der Waals surface area contributed by atoms with Gasteiger partial charge in [0.05, 0.1) is 0 Å². The van der Waals surface area contributed by atoms with Crippen molar-refractivity contribution in [2.24, 2.45) is 11.7 Å². The molecule has 0 spiro atoms. The van der Waals surface area contributed by atoms with Crippen molar-refractivity contribution in [1.29, 1.82) is 0 Å². The second-order valence-corrected chi connectivity index (χ2v) is 4.76. The highest BCUT2D eigenvalue weighted by Crippen LogP contribution is 2.39. The molecule has 3 N–H and O–H groups in total. The number of nitrogens with two attached hydrogens (primary N) is 1. The first kappa shape index (κ1) is 12.3. The van der Waals surface area contributed by atoms with Crippen LogP contribution in [0.25, 0.3) is 0 Å². The van der Waals surface area contributed by atoms with E-state index in [-0.39, 0.29) is 30.6 Å². The van der Waals surface area contributed by atoms with Crippen LogP contribution in [0, 0.1) is 18.7 Å². The van der Waals surface area contributed by atoms with Gasteiger partial charge >= 0.3 is 0 Å². The molecule has 0 aliphatic heterocycles. The van der Waals surface area contributed by atoms with Crippen molar-refractivity contribution in [2.75, 3.05) is 13.2 Å². The molecule has 3 nitrogen and oxygen atoms in total. The first-order chi connectivity index (χ1) is 8.07. The van der Waals surface area contributed by atoms with Gasteiger partial charge in [-0.15, -0.1) is 0 Å². The van der Waals surface area contributed by atoms with Gasteiger partial charge in [-0.05, 0) is 37.3 Å². The molecular weight excluding hydrogens is 221 g/mol. The van der Waals surface area contributed by atoms with E-state index in [9.17, 15) is 9.50 Å². The number of aliphatic hydroxyl groups is 1. The van der Waals surface area contributed by atoms with Crippen LogP contribution in [0.5, 0.6) is 5.75 Å². The summed E-state index contributed by atoms with van der Waals surface area (Å²) in [5.74, 6) is 0.000522.